The molecular formula is C14H27N3O3. The van der Waals surface area contributed by atoms with Crippen LogP contribution in [0.5, 0.6) is 0 Å². The van der Waals surface area contributed by atoms with Crippen LogP contribution in [0.3, 0.4) is 0 Å². The SMILES string of the molecule is O=C(NCCOCCO)C1CCCN1C1CCNCC1. The highest BCUT2D eigenvalue weighted by molar-refractivity contribution is 5.82. The Morgan fingerprint density at radius 2 is 2.10 bits per heavy atom. The first kappa shape index (κ1) is 15.7. The van der Waals surface area contributed by atoms with Gasteiger partial charge in [0.1, 0.15) is 0 Å². The first-order valence-electron chi connectivity index (χ1n) is 7.75. The molecule has 20 heavy (non-hydrogen) atoms. The van der Waals surface area contributed by atoms with E-state index >= 15 is 0 Å². The van der Waals surface area contributed by atoms with E-state index in [2.05, 4.69) is 15.5 Å². The number of aliphatic hydroxyl groups excluding tert-OH is 1. The molecule has 2 heterocycles. The highest BCUT2D eigenvalue weighted by atomic mass is 16.5. The zero-order chi connectivity index (χ0) is 14.2. The molecule has 3 N–H and O–H groups in total. The summed E-state index contributed by atoms with van der Waals surface area (Å²) < 4.78 is 5.15. The smallest absolute Gasteiger partial charge is 0.237 e. The van der Waals surface area contributed by atoms with E-state index in [1.54, 1.807) is 0 Å². The topological polar surface area (TPSA) is 73.8 Å². The maximum atomic E-state index is 12.3. The zero-order valence-corrected chi connectivity index (χ0v) is 12.1. The molecule has 2 saturated heterocycles. The van der Waals surface area contributed by atoms with Crippen molar-refractivity contribution in [2.45, 2.75) is 37.8 Å². The highest BCUT2D eigenvalue weighted by Gasteiger charge is 2.35. The fraction of sp³-hybridized carbons (Fsp3) is 0.929. The summed E-state index contributed by atoms with van der Waals surface area (Å²) in [5, 5.41) is 14.9. The van der Waals surface area contributed by atoms with Gasteiger partial charge in [-0.1, -0.05) is 0 Å². The normalized spacial score (nSPS) is 24.9. The maximum absolute atomic E-state index is 12.3. The molecule has 2 aliphatic heterocycles. The molecule has 0 aliphatic carbocycles. The number of likely N-dealkylation sites (tertiary alicyclic amines) is 1. The number of hydrogen-bond donors (Lipinski definition) is 3. The van der Waals surface area contributed by atoms with Gasteiger partial charge >= 0.3 is 0 Å². The Morgan fingerprint density at radius 1 is 1.30 bits per heavy atom. The molecule has 0 aromatic rings. The zero-order valence-electron chi connectivity index (χ0n) is 12.1. The van der Waals surface area contributed by atoms with Crippen LogP contribution >= 0.6 is 0 Å². The van der Waals surface area contributed by atoms with Gasteiger partial charge in [-0.05, 0) is 45.3 Å². The number of amides is 1. The van der Waals surface area contributed by atoms with E-state index in [0.29, 0.717) is 25.8 Å². The number of carbonyl (C=O) groups is 1. The lowest BCUT2D eigenvalue weighted by Crippen LogP contribution is -2.51. The molecule has 0 radical (unpaired) electrons. The lowest BCUT2D eigenvalue weighted by Gasteiger charge is -2.35. The summed E-state index contributed by atoms with van der Waals surface area (Å²) in [4.78, 5) is 14.7. The van der Waals surface area contributed by atoms with Crippen LogP contribution in [0.4, 0.5) is 0 Å². The maximum Gasteiger partial charge on any atom is 0.237 e. The third-order valence-electron chi connectivity index (χ3n) is 4.16. The lowest BCUT2D eigenvalue weighted by molar-refractivity contribution is -0.126. The van der Waals surface area contributed by atoms with Gasteiger partial charge in [-0.15, -0.1) is 0 Å². The van der Waals surface area contributed by atoms with Crippen LogP contribution in [0.2, 0.25) is 0 Å². The summed E-state index contributed by atoms with van der Waals surface area (Å²) in [6.07, 6.45) is 4.36. The summed E-state index contributed by atoms with van der Waals surface area (Å²) >= 11 is 0. The molecule has 1 amide bonds. The minimum absolute atomic E-state index is 0.0278. The van der Waals surface area contributed by atoms with E-state index in [0.717, 1.165) is 45.3 Å². The molecule has 0 bridgehead atoms. The molecule has 2 rings (SSSR count). The highest BCUT2D eigenvalue weighted by Crippen LogP contribution is 2.24. The molecule has 0 aromatic heterocycles. The molecule has 2 fully saturated rings. The monoisotopic (exact) mass is 285 g/mol. The van der Waals surface area contributed by atoms with Gasteiger partial charge < -0.3 is 20.5 Å². The quantitative estimate of drug-likeness (QED) is 0.541. The van der Waals surface area contributed by atoms with Crippen molar-refractivity contribution in [3.63, 3.8) is 0 Å². The van der Waals surface area contributed by atoms with Crippen molar-refractivity contribution in [1.82, 2.24) is 15.5 Å². The van der Waals surface area contributed by atoms with Crippen LogP contribution in [-0.4, -0.2) is 74.0 Å². The standard InChI is InChI=1S/C14H27N3O3/c18-9-11-20-10-7-16-14(19)13-2-1-8-17(13)12-3-5-15-6-4-12/h12-13,15,18H,1-11H2,(H,16,19). The number of nitrogens with one attached hydrogen (secondary N) is 2. The first-order chi connectivity index (χ1) is 9.83. The fourth-order valence-electron chi connectivity index (χ4n) is 3.18. The molecule has 0 saturated carbocycles. The van der Waals surface area contributed by atoms with Crippen LogP contribution in [-0.2, 0) is 9.53 Å². The van der Waals surface area contributed by atoms with Crippen LogP contribution in [0.25, 0.3) is 0 Å². The van der Waals surface area contributed by atoms with E-state index in [4.69, 9.17) is 9.84 Å². The summed E-state index contributed by atoms with van der Waals surface area (Å²) in [6.45, 7) is 4.51. The van der Waals surface area contributed by atoms with Crippen molar-refractivity contribution >= 4 is 5.91 Å². The number of piperidine rings is 1. The van der Waals surface area contributed by atoms with E-state index in [9.17, 15) is 4.79 Å². The van der Waals surface area contributed by atoms with Crippen LogP contribution in [0.1, 0.15) is 25.7 Å². The van der Waals surface area contributed by atoms with Crippen LogP contribution in [0, 0.1) is 0 Å². The molecule has 1 atom stereocenters. The Bertz CT molecular complexity index is 295. The van der Waals surface area contributed by atoms with Crippen molar-refractivity contribution in [3.8, 4) is 0 Å². The Balaban J connectivity index is 1.73. The van der Waals surface area contributed by atoms with Gasteiger partial charge in [-0.3, -0.25) is 9.69 Å². The molecule has 2 aliphatic rings. The number of aliphatic hydroxyl groups is 1. The lowest BCUT2D eigenvalue weighted by atomic mass is 10.0. The molecule has 0 spiro atoms. The number of ether oxygens (including phenoxy) is 1. The van der Waals surface area contributed by atoms with Crippen LogP contribution in [0.15, 0.2) is 0 Å². The van der Waals surface area contributed by atoms with E-state index in [1.165, 1.54) is 0 Å². The number of rotatable bonds is 7. The van der Waals surface area contributed by atoms with Gasteiger partial charge in [-0.2, -0.15) is 0 Å². The van der Waals surface area contributed by atoms with E-state index in [-0.39, 0.29) is 18.6 Å². The summed E-state index contributed by atoms with van der Waals surface area (Å²) in [5.74, 6) is 0.133. The molecule has 6 heteroatoms. The van der Waals surface area contributed by atoms with Gasteiger partial charge in [0.05, 0.1) is 25.9 Å². The Morgan fingerprint density at radius 3 is 2.85 bits per heavy atom. The third-order valence-corrected chi connectivity index (χ3v) is 4.16. The van der Waals surface area contributed by atoms with Gasteiger partial charge in [-0.25, -0.2) is 0 Å². The molecule has 1 unspecified atom stereocenters. The van der Waals surface area contributed by atoms with Crippen molar-refractivity contribution in [3.05, 3.63) is 0 Å². The average molecular weight is 285 g/mol. The Kier molecular flexibility index (Phi) is 6.72. The second-order valence-electron chi connectivity index (χ2n) is 5.50. The summed E-state index contributed by atoms with van der Waals surface area (Å²) in [5.41, 5.74) is 0. The first-order valence-corrected chi connectivity index (χ1v) is 7.75. The summed E-state index contributed by atoms with van der Waals surface area (Å²) in [7, 11) is 0. The number of nitrogens with zero attached hydrogens (tertiary/aromatic N) is 1. The Labute approximate surface area is 120 Å². The minimum atomic E-state index is 0.0278. The average Bonchev–Trinajstić information content (AvgIpc) is 2.97. The number of carbonyl (C=O) groups excluding carboxylic acids is 1. The van der Waals surface area contributed by atoms with Crippen molar-refractivity contribution < 1.29 is 14.6 Å². The van der Waals surface area contributed by atoms with Crippen LogP contribution < -0.4 is 10.6 Å². The Hall–Kier alpha value is -0.690. The van der Waals surface area contributed by atoms with Gasteiger partial charge in [0.25, 0.3) is 0 Å². The second-order valence-corrected chi connectivity index (χ2v) is 5.50. The third kappa shape index (κ3) is 4.41. The summed E-state index contributed by atoms with van der Waals surface area (Å²) in [6, 6.07) is 0.594. The second kappa shape index (κ2) is 8.56. The van der Waals surface area contributed by atoms with Gasteiger partial charge in [0, 0.05) is 12.6 Å². The largest absolute Gasteiger partial charge is 0.394 e. The molecule has 0 aromatic carbocycles. The predicted molar refractivity (Wildman–Crippen MR) is 76.5 cm³/mol. The van der Waals surface area contributed by atoms with Crippen molar-refractivity contribution in [1.29, 1.82) is 0 Å². The van der Waals surface area contributed by atoms with E-state index < -0.39 is 0 Å². The van der Waals surface area contributed by atoms with Crippen molar-refractivity contribution in [2.75, 3.05) is 46.0 Å². The predicted octanol–water partition coefficient (Wildman–Crippen LogP) is -0.672. The molecule has 6 nitrogen and oxygen atoms in total. The van der Waals surface area contributed by atoms with Gasteiger partial charge in [0.15, 0.2) is 0 Å². The number of hydrogen-bond acceptors (Lipinski definition) is 5. The van der Waals surface area contributed by atoms with Gasteiger partial charge in [0.2, 0.25) is 5.91 Å². The van der Waals surface area contributed by atoms with E-state index in [1.807, 2.05) is 0 Å². The fourth-order valence-corrected chi connectivity index (χ4v) is 3.18. The minimum Gasteiger partial charge on any atom is -0.394 e. The van der Waals surface area contributed by atoms with Crippen molar-refractivity contribution in [2.24, 2.45) is 0 Å². The molecule has 116 valence electrons. The molecular weight excluding hydrogens is 258 g/mol.